The number of rotatable bonds is 9. The van der Waals surface area contributed by atoms with Crippen LogP contribution in [0, 0.1) is 5.82 Å². The molecule has 0 aliphatic carbocycles. The summed E-state index contributed by atoms with van der Waals surface area (Å²) in [6.07, 6.45) is 6.13. The van der Waals surface area contributed by atoms with Crippen LogP contribution in [0.25, 0.3) is 0 Å². The summed E-state index contributed by atoms with van der Waals surface area (Å²) in [5, 5.41) is 0. The quantitative estimate of drug-likeness (QED) is 0.309. The van der Waals surface area contributed by atoms with E-state index in [0.717, 1.165) is 25.3 Å². The number of hydrogen-bond donors (Lipinski definition) is 2. The molecule has 1 aliphatic heterocycles. The Labute approximate surface area is 224 Å². The van der Waals surface area contributed by atoms with Gasteiger partial charge in [-0.15, -0.1) is 0 Å². The predicted molar refractivity (Wildman–Crippen MR) is 147 cm³/mol. The van der Waals surface area contributed by atoms with Crippen LogP contribution in [0.5, 0.6) is 11.5 Å². The molecule has 1 heterocycles. The van der Waals surface area contributed by atoms with Crippen LogP contribution in [0.15, 0.2) is 78.9 Å². The van der Waals surface area contributed by atoms with E-state index in [0.29, 0.717) is 25.5 Å². The van der Waals surface area contributed by atoms with Crippen LogP contribution in [-0.2, 0) is 27.4 Å². The first-order valence-corrected chi connectivity index (χ1v) is 12.8. The smallest absolute Gasteiger partial charge is 0.231 e. The number of primary amides is 2. The molecule has 3 aromatic rings. The SMILES string of the molecule is Fc1ccc(Oc2ccc(CCOCc3ccccc3)cc2)cc1.NC(=O)CN1CCCCCC1.NC=O. The van der Waals surface area contributed by atoms with Crippen LogP contribution in [0.2, 0.25) is 0 Å². The van der Waals surface area contributed by atoms with Gasteiger partial charge in [0, 0.05) is 0 Å². The monoisotopic (exact) mass is 523 g/mol. The minimum atomic E-state index is -0.270. The van der Waals surface area contributed by atoms with Crippen molar-refractivity contribution in [1.29, 1.82) is 0 Å². The lowest BCUT2D eigenvalue weighted by molar-refractivity contribution is -0.119. The van der Waals surface area contributed by atoms with Gasteiger partial charge in [-0.05, 0) is 79.9 Å². The van der Waals surface area contributed by atoms with Crippen molar-refractivity contribution in [2.45, 2.75) is 38.7 Å². The molecule has 3 aromatic carbocycles. The maximum Gasteiger partial charge on any atom is 0.231 e. The summed E-state index contributed by atoms with van der Waals surface area (Å²) in [5.41, 5.74) is 11.6. The molecule has 8 heteroatoms. The molecule has 1 saturated heterocycles. The van der Waals surface area contributed by atoms with Gasteiger partial charge in [-0.3, -0.25) is 14.5 Å². The van der Waals surface area contributed by atoms with Crippen molar-refractivity contribution < 1.29 is 23.5 Å². The molecule has 0 unspecified atom stereocenters. The minimum Gasteiger partial charge on any atom is -0.457 e. The number of ether oxygens (including phenoxy) is 2. The molecule has 38 heavy (non-hydrogen) atoms. The van der Waals surface area contributed by atoms with Gasteiger partial charge in [0.15, 0.2) is 0 Å². The van der Waals surface area contributed by atoms with E-state index in [1.165, 1.54) is 48.9 Å². The van der Waals surface area contributed by atoms with E-state index in [9.17, 15) is 9.18 Å². The van der Waals surface area contributed by atoms with E-state index in [1.807, 2.05) is 42.5 Å². The first kappa shape index (κ1) is 30.5. The first-order valence-electron chi connectivity index (χ1n) is 12.8. The average Bonchev–Trinajstić information content (AvgIpc) is 3.19. The number of likely N-dealkylation sites (tertiary alicyclic amines) is 1. The Kier molecular flexibility index (Phi) is 14.8. The molecule has 1 fully saturated rings. The predicted octanol–water partition coefficient (Wildman–Crippen LogP) is 4.83. The Hall–Kier alpha value is -3.75. The molecular formula is C30H38FN3O4. The number of carbonyl (C=O) groups excluding carboxylic acids is 2. The average molecular weight is 524 g/mol. The summed E-state index contributed by atoms with van der Waals surface area (Å²) in [4.78, 5) is 21.3. The fourth-order valence-corrected chi connectivity index (χ4v) is 3.83. The molecule has 0 saturated carbocycles. The normalized spacial score (nSPS) is 13.1. The van der Waals surface area contributed by atoms with Crippen molar-refractivity contribution in [2.24, 2.45) is 11.5 Å². The van der Waals surface area contributed by atoms with Crippen molar-refractivity contribution in [2.75, 3.05) is 26.2 Å². The maximum atomic E-state index is 12.9. The van der Waals surface area contributed by atoms with Gasteiger partial charge in [0.2, 0.25) is 12.3 Å². The Bertz CT molecular complexity index is 1040. The van der Waals surface area contributed by atoms with Crippen LogP contribution in [0.1, 0.15) is 36.8 Å². The van der Waals surface area contributed by atoms with Crippen LogP contribution in [0.4, 0.5) is 4.39 Å². The summed E-state index contributed by atoms with van der Waals surface area (Å²) in [7, 11) is 0. The van der Waals surface area contributed by atoms with E-state index in [-0.39, 0.29) is 18.1 Å². The number of nitrogens with two attached hydrogens (primary N) is 2. The standard InChI is InChI=1S/C21H19FO2.C8H16N2O.CH3NO/c22-19-8-12-21(13-9-19)24-20-10-6-17(7-11-20)14-15-23-16-18-4-2-1-3-5-18;9-8(11)7-10-5-3-1-2-4-6-10;2-1-3/h1-13H,14-16H2;1-7H2,(H2,9,11);1H,(H2,2,3). The Morgan fingerprint density at radius 3 is 1.95 bits per heavy atom. The van der Waals surface area contributed by atoms with Crippen LogP contribution in [0.3, 0.4) is 0 Å². The zero-order valence-electron chi connectivity index (χ0n) is 21.8. The van der Waals surface area contributed by atoms with Gasteiger partial charge in [0.1, 0.15) is 17.3 Å². The van der Waals surface area contributed by atoms with Crippen LogP contribution < -0.4 is 16.2 Å². The van der Waals surface area contributed by atoms with E-state index in [4.69, 9.17) is 20.0 Å². The van der Waals surface area contributed by atoms with E-state index >= 15 is 0 Å². The van der Waals surface area contributed by atoms with Gasteiger partial charge < -0.3 is 20.9 Å². The molecule has 0 bridgehead atoms. The van der Waals surface area contributed by atoms with Crippen molar-refractivity contribution >= 4 is 12.3 Å². The molecule has 1 aliphatic rings. The first-order chi connectivity index (χ1) is 18.5. The molecule has 204 valence electrons. The summed E-state index contributed by atoms with van der Waals surface area (Å²) in [5.74, 6) is 0.881. The van der Waals surface area contributed by atoms with E-state index < -0.39 is 0 Å². The molecule has 4 N–H and O–H groups in total. The third-order valence-corrected chi connectivity index (χ3v) is 5.70. The number of nitrogens with zero attached hydrogens (tertiary/aromatic N) is 1. The zero-order chi connectivity index (χ0) is 27.4. The van der Waals surface area contributed by atoms with E-state index in [1.54, 1.807) is 12.1 Å². The largest absolute Gasteiger partial charge is 0.457 e. The molecule has 0 atom stereocenters. The molecule has 0 spiro atoms. The highest BCUT2D eigenvalue weighted by Crippen LogP contribution is 2.22. The van der Waals surface area contributed by atoms with Crippen molar-refractivity contribution in [3.8, 4) is 11.5 Å². The Balaban J connectivity index is 0.000000302. The third-order valence-electron chi connectivity index (χ3n) is 5.70. The fraction of sp³-hybridized carbons (Fsp3) is 0.333. The highest BCUT2D eigenvalue weighted by molar-refractivity contribution is 5.75. The second-order valence-electron chi connectivity index (χ2n) is 8.78. The number of carbonyl (C=O) groups is 2. The molecule has 7 nitrogen and oxygen atoms in total. The van der Waals surface area contributed by atoms with Gasteiger partial charge in [-0.1, -0.05) is 55.3 Å². The van der Waals surface area contributed by atoms with Gasteiger partial charge in [0.05, 0.1) is 19.8 Å². The second kappa shape index (κ2) is 18.5. The number of amides is 2. The van der Waals surface area contributed by atoms with Gasteiger partial charge >= 0.3 is 0 Å². The summed E-state index contributed by atoms with van der Waals surface area (Å²) >= 11 is 0. The number of halogens is 1. The molecule has 2 amide bonds. The number of hydrogen-bond acceptors (Lipinski definition) is 5. The second-order valence-corrected chi connectivity index (χ2v) is 8.78. The Morgan fingerprint density at radius 2 is 1.39 bits per heavy atom. The highest BCUT2D eigenvalue weighted by Gasteiger charge is 2.10. The van der Waals surface area contributed by atoms with Crippen molar-refractivity contribution in [3.05, 3.63) is 95.8 Å². The molecular weight excluding hydrogens is 485 g/mol. The number of benzene rings is 3. The molecule has 4 rings (SSSR count). The summed E-state index contributed by atoms with van der Waals surface area (Å²) in [6, 6.07) is 24.0. The molecule has 0 aromatic heterocycles. The van der Waals surface area contributed by atoms with Crippen LogP contribution >= 0.6 is 0 Å². The maximum absolute atomic E-state index is 12.9. The van der Waals surface area contributed by atoms with Crippen molar-refractivity contribution in [1.82, 2.24) is 4.90 Å². The molecule has 0 radical (unpaired) electrons. The Morgan fingerprint density at radius 1 is 0.842 bits per heavy atom. The van der Waals surface area contributed by atoms with E-state index in [2.05, 4.69) is 22.8 Å². The third kappa shape index (κ3) is 13.5. The fourth-order valence-electron chi connectivity index (χ4n) is 3.83. The zero-order valence-corrected chi connectivity index (χ0v) is 21.8. The summed E-state index contributed by atoms with van der Waals surface area (Å²) in [6.45, 7) is 3.84. The lowest BCUT2D eigenvalue weighted by atomic mass is 10.1. The lowest BCUT2D eigenvalue weighted by Gasteiger charge is -2.16. The highest BCUT2D eigenvalue weighted by atomic mass is 19.1. The van der Waals surface area contributed by atoms with Crippen LogP contribution in [-0.4, -0.2) is 43.5 Å². The van der Waals surface area contributed by atoms with Gasteiger partial charge in [0.25, 0.3) is 0 Å². The lowest BCUT2D eigenvalue weighted by Crippen LogP contribution is -2.34. The summed E-state index contributed by atoms with van der Waals surface area (Å²) < 4.78 is 24.2. The van der Waals surface area contributed by atoms with Gasteiger partial charge in [-0.25, -0.2) is 4.39 Å². The topological polar surface area (TPSA) is 108 Å². The van der Waals surface area contributed by atoms with Crippen molar-refractivity contribution in [3.63, 3.8) is 0 Å². The van der Waals surface area contributed by atoms with Gasteiger partial charge in [-0.2, -0.15) is 0 Å². The minimum absolute atomic E-state index is 0.202.